The Morgan fingerprint density at radius 2 is 2.11 bits per heavy atom. The highest BCUT2D eigenvalue weighted by Crippen LogP contribution is 2.08. The van der Waals surface area contributed by atoms with Crippen LogP contribution in [0, 0.1) is 6.92 Å². The van der Waals surface area contributed by atoms with Crippen LogP contribution in [-0.2, 0) is 11.2 Å². The molecule has 0 saturated heterocycles. The zero-order chi connectivity index (χ0) is 13.5. The van der Waals surface area contributed by atoms with E-state index in [1.54, 1.807) is 11.3 Å². The molecule has 1 aromatic carbocycles. The van der Waals surface area contributed by atoms with Crippen LogP contribution in [0.2, 0.25) is 0 Å². The van der Waals surface area contributed by atoms with Crippen molar-refractivity contribution in [2.45, 2.75) is 13.3 Å². The van der Waals surface area contributed by atoms with Gasteiger partial charge in [0.15, 0.2) is 0 Å². The number of benzene rings is 1. The van der Waals surface area contributed by atoms with Crippen molar-refractivity contribution >= 4 is 22.9 Å². The quantitative estimate of drug-likeness (QED) is 0.850. The number of carbonyl (C=O) groups excluding carboxylic acids is 1. The van der Waals surface area contributed by atoms with E-state index in [4.69, 9.17) is 0 Å². The van der Waals surface area contributed by atoms with Crippen LogP contribution in [0.1, 0.15) is 10.7 Å². The summed E-state index contributed by atoms with van der Waals surface area (Å²) in [5.74, 6) is -0.00266. The summed E-state index contributed by atoms with van der Waals surface area (Å²) in [6, 6.07) is 9.69. The van der Waals surface area contributed by atoms with Gasteiger partial charge in [-0.3, -0.25) is 4.79 Å². The maximum absolute atomic E-state index is 11.6. The molecule has 1 amide bonds. The fraction of sp³-hybridized carbons (Fsp3) is 0.286. The van der Waals surface area contributed by atoms with E-state index >= 15 is 0 Å². The fourth-order valence-corrected chi connectivity index (χ4v) is 2.40. The molecule has 5 heteroatoms. The SMILES string of the molecule is Cc1csc(CCNC(=O)CNc2ccccc2)n1. The number of carbonyl (C=O) groups is 1. The van der Waals surface area contributed by atoms with E-state index in [2.05, 4.69) is 15.6 Å². The molecule has 0 atom stereocenters. The molecule has 0 aliphatic rings. The number of amides is 1. The van der Waals surface area contributed by atoms with Gasteiger partial charge in [-0.15, -0.1) is 11.3 Å². The topological polar surface area (TPSA) is 54.0 Å². The molecule has 1 heterocycles. The molecule has 0 aliphatic carbocycles. The third-order valence-corrected chi connectivity index (χ3v) is 3.58. The Morgan fingerprint density at radius 1 is 1.32 bits per heavy atom. The van der Waals surface area contributed by atoms with E-state index in [-0.39, 0.29) is 5.91 Å². The number of nitrogens with one attached hydrogen (secondary N) is 2. The monoisotopic (exact) mass is 275 g/mol. The number of para-hydroxylation sites is 1. The highest BCUT2D eigenvalue weighted by molar-refractivity contribution is 7.09. The molecule has 2 aromatic rings. The van der Waals surface area contributed by atoms with Crippen molar-refractivity contribution < 1.29 is 4.79 Å². The molecule has 0 spiro atoms. The molecule has 1 aromatic heterocycles. The number of aryl methyl sites for hydroxylation is 1. The van der Waals surface area contributed by atoms with Crippen LogP contribution >= 0.6 is 11.3 Å². The van der Waals surface area contributed by atoms with Crippen LogP contribution in [0.4, 0.5) is 5.69 Å². The molecule has 19 heavy (non-hydrogen) atoms. The standard InChI is InChI=1S/C14H17N3OS/c1-11-10-19-14(17-11)7-8-15-13(18)9-16-12-5-3-2-4-6-12/h2-6,10,16H,7-9H2,1H3,(H,15,18). The van der Waals surface area contributed by atoms with Gasteiger partial charge in [-0.2, -0.15) is 0 Å². The van der Waals surface area contributed by atoms with Crippen molar-refractivity contribution in [3.8, 4) is 0 Å². The Labute approximate surface area is 116 Å². The number of rotatable bonds is 6. The summed E-state index contributed by atoms with van der Waals surface area (Å²) in [6.45, 7) is 2.89. The summed E-state index contributed by atoms with van der Waals surface area (Å²) in [5, 5.41) is 9.03. The number of nitrogens with zero attached hydrogens (tertiary/aromatic N) is 1. The van der Waals surface area contributed by atoms with Gasteiger partial charge in [-0.05, 0) is 19.1 Å². The van der Waals surface area contributed by atoms with Crippen molar-refractivity contribution in [2.24, 2.45) is 0 Å². The van der Waals surface area contributed by atoms with E-state index in [0.717, 1.165) is 22.8 Å². The first-order chi connectivity index (χ1) is 9.24. The number of thiazole rings is 1. The molecular formula is C14H17N3OS. The van der Waals surface area contributed by atoms with Crippen molar-refractivity contribution in [3.05, 3.63) is 46.4 Å². The first kappa shape index (κ1) is 13.5. The van der Waals surface area contributed by atoms with Gasteiger partial charge in [0, 0.05) is 29.7 Å². The van der Waals surface area contributed by atoms with E-state index in [9.17, 15) is 4.79 Å². The van der Waals surface area contributed by atoms with Crippen molar-refractivity contribution in [1.29, 1.82) is 0 Å². The Hall–Kier alpha value is -1.88. The lowest BCUT2D eigenvalue weighted by molar-refractivity contribution is -0.119. The van der Waals surface area contributed by atoms with Gasteiger partial charge in [-0.25, -0.2) is 4.98 Å². The van der Waals surface area contributed by atoms with E-state index in [1.165, 1.54) is 0 Å². The molecular weight excluding hydrogens is 258 g/mol. The van der Waals surface area contributed by atoms with Crippen LogP contribution in [0.5, 0.6) is 0 Å². The molecule has 4 nitrogen and oxygen atoms in total. The molecule has 2 rings (SSSR count). The summed E-state index contributed by atoms with van der Waals surface area (Å²) >= 11 is 1.63. The van der Waals surface area contributed by atoms with E-state index in [0.29, 0.717) is 13.1 Å². The number of hydrogen-bond acceptors (Lipinski definition) is 4. The van der Waals surface area contributed by atoms with Crippen molar-refractivity contribution in [1.82, 2.24) is 10.3 Å². The van der Waals surface area contributed by atoms with E-state index in [1.807, 2.05) is 42.6 Å². The maximum Gasteiger partial charge on any atom is 0.239 e. The van der Waals surface area contributed by atoms with Gasteiger partial charge < -0.3 is 10.6 Å². The molecule has 0 fully saturated rings. The second-order valence-corrected chi connectivity index (χ2v) is 5.14. The van der Waals surface area contributed by atoms with Gasteiger partial charge in [0.25, 0.3) is 0 Å². The average molecular weight is 275 g/mol. The number of hydrogen-bond donors (Lipinski definition) is 2. The van der Waals surface area contributed by atoms with Gasteiger partial charge in [-0.1, -0.05) is 18.2 Å². The third-order valence-electron chi connectivity index (χ3n) is 2.55. The second kappa shape index (κ2) is 6.89. The zero-order valence-corrected chi connectivity index (χ0v) is 11.7. The number of anilines is 1. The van der Waals surface area contributed by atoms with Gasteiger partial charge in [0.1, 0.15) is 0 Å². The largest absolute Gasteiger partial charge is 0.376 e. The maximum atomic E-state index is 11.6. The highest BCUT2D eigenvalue weighted by Gasteiger charge is 2.02. The average Bonchev–Trinajstić information content (AvgIpc) is 2.83. The fourth-order valence-electron chi connectivity index (χ4n) is 1.63. The first-order valence-electron chi connectivity index (χ1n) is 6.20. The Bertz CT molecular complexity index is 524. The molecule has 0 saturated carbocycles. The first-order valence-corrected chi connectivity index (χ1v) is 7.08. The summed E-state index contributed by atoms with van der Waals surface area (Å²) in [6.07, 6.45) is 0.787. The van der Waals surface area contributed by atoms with Crippen LogP contribution in [0.15, 0.2) is 35.7 Å². The minimum atomic E-state index is -0.00266. The molecule has 2 N–H and O–H groups in total. The van der Waals surface area contributed by atoms with Crippen LogP contribution < -0.4 is 10.6 Å². The summed E-state index contributed by atoms with van der Waals surface area (Å²) in [5.41, 5.74) is 1.99. The normalized spacial score (nSPS) is 10.2. The van der Waals surface area contributed by atoms with Crippen LogP contribution in [0.25, 0.3) is 0 Å². The lowest BCUT2D eigenvalue weighted by atomic mass is 10.3. The molecule has 0 aliphatic heterocycles. The van der Waals surface area contributed by atoms with Gasteiger partial charge in [0.05, 0.1) is 11.6 Å². The predicted molar refractivity (Wildman–Crippen MR) is 78.5 cm³/mol. The summed E-state index contributed by atoms with van der Waals surface area (Å²) in [4.78, 5) is 16.0. The van der Waals surface area contributed by atoms with Crippen LogP contribution in [0.3, 0.4) is 0 Å². The third kappa shape index (κ3) is 4.71. The highest BCUT2D eigenvalue weighted by atomic mass is 32.1. The molecule has 100 valence electrons. The van der Waals surface area contributed by atoms with E-state index < -0.39 is 0 Å². The van der Waals surface area contributed by atoms with Crippen molar-refractivity contribution in [3.63, 3.8) is 0 Å². The van der Waals surface area contributed by atoms with Gasteiger partial charge >= 0.3 is 0 Å². The zero-order valence-electron chi connectivity index (χ0n) is 10.8. The molecule has 0 bridgehead atoms. The van der Waals surface area contributed by atoms with Crippen molar-refractivity contribution in [2.75, 3.05) is 18.4 Å². The minimum absolute atomic E-state index is 0.00266. The smallest absolute Gasteiger partial charge is 0.239 e. The number of aromatic nitrogens is 1. The van der Waals surface area contributed by atoms with Crippen LogP contribution in [-0.4, -0.2) is 24.0 Å². The van der Waals surface area contributed by atoms with Gasteiger partial charge in [0.2, 0.25) is 5.91 Å². The lowest BCUT2D eigenvalue weighted by Crippen LogP contribution is -2.31. The Kier molecular flexibility index (Phi) is 4.92. The Balaban J connectivity index is 1.65. The molecule has 0 radical (unpaired) electrons. The summed E-state index contributed by atoms with van der Waals surface area (Å²) in [7, 11) is 0. The Morgan fingerprint density at radius 3 is 2.79 bits per heavy atom. The summed E-state index contributed by atoms with van der Waals surface area (Å²) < 4.78 is 0. The molecule has 0 unspecified atom stereocenters. The predicted octanol–water partition coefficient (Wildman–Crippen LogP) is 2.22. The lowest BCUT2D eigenvalue weighted by Gasteiger charge is -2.06. The minimum Gasteiger partial charge on any atom is -0.376 e. The second-order valence-electron chi connectivity index (χ2n) is 4.20.